The van der Waals surface area contributed by atoms with Crippen LogP contribution in [0, 0.1) is 13.8 Å². The summed E-state index contributed by atoms with van der Waals surface area (Å²) in [6.07, 6.45) is 0.595. The van der Waals surface area contributed by atoms with E-state index in [1.807, 2.05) is 39.3 Å². The molecule has 0 spiro atoms. The largest absolute Gasteiger partial charge is 0.465 e. The predicted molar refractivity (Wildman–Crippen MR) is 80.0 cm³/mol. The van der Waals surface area contributed by atoms with Gasteiger partial charge in [-0.2, -0.15) is 5.10 Å². The molecule has 0 aliphatic rings. The summed E-state index contributed by atoms with van der Waals surface area (Å²) < 4.78 is 6.99. The molecule has 0 aliphatic carbocycles. The van der Waals surface area contributed by atoms with Gasteiger partial charge in [0.15, 0.2) is 0 Å². The summed E-state index contributed by atoms with van der Waals surface area (Å²) in [6.45, 7) is 11.1. The van der Waals surface area contributed by atoms with Crippen LogP contribution in [-0.4, -0.2) is 34.4 Å². The van der Waals surface area contributed by atoms with Crippen LogP contribution in [0.3, 0.4) is 0 Å². The Morgan fingerprint density at radius 2 is 2.10 bits per heavy atom. The smallest absolute Gasteiger partial charge is 0.326 e. The fraction of sp³-hybridized carbons (Fsp3) is 0.714. The maximum Gasteiger partial charge on any atom is 0.326 e. The summed E-state index contributed by atoms with van der Waals surface area (Å²) in [5, 5.41) is 8.28. The molecule has 1 aromatic heterocycles. The molecule has 0 saturated carbocycles. The number of rotatable bonds is 7. The molecule has 0 fully saturated rings. The lowest BCUT2D eigenvalue weighted by Crippen LogP contribution is -2.51. The highest BCUT2D eigenvalue weighted by Gasteiger charge is 2.33. The molecule has 1 N–H and O–H groups in total. The standard InChI is InChI=1S/C14H24ClN3O2/c1-6-16-14(5,13(19)20-7-2)8-9-18-11(4)12(15)10(3)17-18/h16H,6-9H2,1-5H3. The minimum absolute atomic E-state index is 0.227. The van der Waals surface area contributed by atoms with Gasteiger partial charge < -0.3 is 10.1 Å². The van der Waals surface area contributed by atoms with Crippen molar-refractivity contribution < 1.29 is 9.53 Å². The van der Waals surface area contributed by atoms with E-state index in [0.717, 1.165) is 11.4 Å². The Kier molecular flexibility index (Phi) is 6.02. The molecule has 1 atom stereocenters. The van der Waals surface area contributed by atoms with Crippen molar-refractivity contribution in [3.05, 3.63) is 16.4 Å². The molecule has 1 rings (SSSR count). The second-order valence-electron chi connectivity index (χ2n) is 5.04. The average Bonchev–Trinajstić information content (AvgIpc) is 2.64. The van der Waals surface area contributed by atoms with E-state index in [1.54, 1.807) is 0 Å². The third-order valence-electron chi connectivity index (χ3n) is 3.41. The van der Waals surface area contributed by atoms with Crippen molar-refractivity contribution in [3.8, 4) is 0 Å². The van der Waals surface area contributed by atoms with Gasteiger partial charge in [0.2, 0.25) is 0 Å². The van der Waals surface area contributed by atoms with Gasteiger partial charge in [0, 0.05) is 6.54 Å². The monoisotopic (exact) mass is 301 g/mol. The number of hydrogen-bond donors (Lipinski definition) is 1. The number of ether oxygens (including phenoxy) is 1. The Labute approximate surface area is 125 Å². The first-order valence-corrected chi connectivity index (χ1v) is 7.35. The van der Waals surface area contributed by atoms with Gasteiger partial charge in [-0.3, -0.25) is 9.48 Å². The number of hydrogen-bond acceptors (Lipinski definition) is 4. The lowest BCUT2D eigenvalue weighted by atomic mass is 9.98. The van der Waals surface area contributed by atoms with E-state index in [9.17, 15) is 4.79 Å². The van der Waals surface area contributed by atoms with Crippen LogP contribution in [0.4, 0.5) is 0 Å². The topological polar surface area (TPSA) is 56.2 Å². The number of halogens is 1. The van der Waals surface area contributed by atoms with E-state index < -0.39 is 5.54 Å². The molecule has 1 unspecified atom stereocenters. The molecule has 0 saturated heterocycles. The van der Waals surface area contributed by atoms with Gasteiger partial charge in [0.1, 0.15) is 5.54 Å². The SMILES string of the molecule is CCNC(C)(CCn1nc(C)c(Cl)c1C)C(=O)OCC. The molecule has 0 amide bonds. The number of carbonyl (C=O) groups is 1. The van der Waals surface area contributed by atoms with Crippen molar-refractivity contribution in [2.24, 2.45) is 0 Å². The lowest BCUT2D eigenvalue weighted by molar-refractivity contribution is -0.150. The Balaban J connectivity index is 2.81. The fourth-order valence-corrected chi connectivity index (χ4v) is 2.30. The van der Waals surface area contributed by atoms with Crippen LogP contribution in [0.5, 0.6) is 0 Å². The molecule has 0 bridgehead atoms. The highest BCUT2D eigenvalue weighted by Crippen LogP contribution is 2.21. The average molecular weight is 302 g/mol. The molecule has 0 aliphatic heterocycles. The Morgan fingerprint density at radius 3 is 2.55 bits per heavy atom. The van der Waals surface area contributed by atoms with Gasteiger partial charge >= 0.3 is 5.97 Å². The summed E-state index contributed by atoms with van der Waals surface area (Å²) in [7, 11) is 0. The van der Waals surface area contributed by atoms with E-state index in [0.29, 0.717) is 31.1 Å². The van der Waals surface area contributed by atoms with Gasteiger partial charge in [-0.15, -0.1) is 0 Å². The second-order valence-corrected chi connectivity index (χ2v) is 5.42. The van der Waals surface area contributed by atoms with Gasteiger partial charge in [0.05, 0.1) is 23.0 Å². The number of nitrogens with zero attached hydrogens (tertiary/aromatic N) is 2. The van der Waals surface area contributed by atoms with Crippen LogP contribution in [0.2, 0.25) is 5.02 Å². The minimum Gasteiger partial charge on any atom is -0.465 e. The molecule has 1 heterocycles. The Morgan fingerprint density at radius 1 is 1.45 bits per heavy atom. The zero-order valence-corrected chi connectivity index (χ0v) is 13.7. The van der Waals surface area contributed by atoms with Gasteiger partial charge in [-0.1, -0.05) is 18.5 Å². The van der Waals surface area contributed by atoms with Crippen molar-refractivity contribution in [1.82, 2.24) is 15.1 Å². The van der Waals surface area contributed by atoms with Crippen molar-refractivity contribution in [3.63, 3.8) is 0 Å². The first-order chi connectivity index (χ1) is 9.35. The van der Waals surface area contributed by atoms with Gasteiger partial charge in [-0.25, -0.2) is 0 Å². The van der Waals surface area contributed by atoms with E-state index in [1.165, 1.54) is 0 Å². The normalized spacial score (nSPS) is 14.1. The van der Waals surface area contributed by atoms with E-state index >= 15 is 0 Å². The quantitative estimate of drug-likeness (QED) is 0.786. The highest BCUT2D eigenvalue weighted by molar-refractivity contribution is 6.31. The molecule has 0 radical (unpaired) electrons. The molecule has 1 aromatic rings. The zero-order valence-electron chi connectivity index (χ0n) is 12.9. The van der Waals surface area contributed by atoms with E-state index in [4.69, 9.17) is 16.3 Å². The van der Waals surface area contributed by atoms with Gasteiger partial charge in [-0.05, 0) is 40.7 Å². The predicted octanol–water partition coefficient (Wildman–Crippen LogP) is 2.47. The Bertz CT molecular complexity index is 473. The fourth-order valence-electron chi connectivity index (χ4n) is 2.17. The van der Waals surface area contributed by atoms with Crippen molar-refractivity contribution in [2.45, 2.75) is 53.1 Å². The molecule has 6 heteroatoms. The van der Waals surface area contributed by atoms with Crippen LogP contribution >= 0.6 is 11.6 Å². The minimum atomic E-state index is -0.705. The number of aromatic nitrogens is 2. The van der Waals surface area contributed by atoms with E-state index in [2.05, 4.69) is 10.4 Å². The summed E-state index contributed by atoms with van der Waals surface area (Å²) in [5.74, 6) is -0.227. The number of carbonyl (C=O) groups excluding carboxylic acids is 1. The molecule has 0 aromatic carbocycles. The number of esters is 1. The number of nitrogens with one attached hydrogen (secondary N) is 1. The summed E-state index contributed by atoms with van der Waals surface area (Å²) in [6, 6.07) is 0. The van der Waals surface area contributed by atoms with Crippen molar-refractivity contribution in [2.75, 3.05) is 13.2 Å². The lowest BCUT2D eigenvalue weighted by Gasteiger charge is -2.28. The van der Waals surface area contributed by atoms with Crippen LogP contribution < -0.4 is 5.32 Å². The molecular weight excluding hydrogens is 278 g/mol. The third-order valence-corrected chi connectivity index (χ3v) is 3.96. The van der Waals surface area contributed by atoms with Crippen LogP contribution in [-0.2, 0) is 16.1 Å². The molecule has 114 valence electrons. The summed E-state index contributed by atoms with van der Waals surface area (Å²) in [5.41, 5.74) is 1.03. The van der Waals surface area contributed by atoms with Crippen LogP contribution in [0.15, 0.2) is 0 Å². The van der Waals surface area contributed by atoms with E-state index in [-0.39, 0.29) is 5.97 Å². The maximum atomic E-state index is 12.1. The summed E-state index contributed by atoms with van der Waals surface area (Å²) in [4.78, 5) is 12.1. The van der Waals surface area contributed by atoms with Crippen molar-refractivity contribution >= 4 is 17.6 Å². The summed E-state index contributed by atoms with van der Waals surface area (Å²) >= 11 is 6.13. The third kappa shape index (κ3) is 3.73. The molecule has 5 nitrogen and oxygen atoms in total. The zero-order chi connectivity index (χ0) is 15.3. The second kappa shape index (κ2) is 7.09. The van der Waals surface area contributed by atoms with Gasteiger partial charge in [0.25, 0.3) is 0 Å². The maximum absolute atomic E-state index is 12.1. The highest BCUT2D eigenvalue weighted by atomic mass is 35.5. The Hall–Kier alpha value is -1.07. The first-order valence-electron chi connectivity index (χ1n) is 6.97. The first kappa shape index (κ1) is 17.0. The van der Waals surface area contributed by atoms with Crippen LogP contribution in [0.1, 0.15) is 38.6 Å². The van der Waals surface area contributed by atoms with Crippen molar-refractivity contribution in [1.29, 1.82) is 0 Å². The van der Waals surface area contributed by atoms with Crippen LogP contribution in [0.25, 0.3) is 0 Å². The molecule has 20 heavy (non-hydrogen) atoms. The molecular formula is C14H24ClN3O2. The number of aryl methyl sites for hydroxylation is 2. The number of likely N-dealkylation sites (N-methyl/N-ethyl adjacent to an activating group) is 1.